The predicted octanol–water partition coefficient (Wildman–Crippen LogP) is 5.49. The predicted molar refractivity (Wildman–Crippen MR) is 127 cm³/mol. The van der Waals surface area contributed by atoms with E-state index in [1.54, 1.807) is 30.6 Å². The Bertz CT molecular complexity index is 1130. The zero-order valence-electron chi connectivity index (χ0n) is 17.1. The van der Waals surface area contributed by atoms with Crippen LogP contribution in [0.15, 0.2) is 60.0 Å². The fourth-order valence-corrected chi connectivity index (χ4v) is 4.50. The van der Waals surface area contributed by atoms with Crippen molar-refractivity contribution in [2.45, 2.75) is 6.42 Å². The molecule has 0 radical (unpaired) electrons. The number of methoxy groups -OCH3 is 1. The second kappa shape index (κ2) is 9.84. The van der Waals surface area contributed by atoms with E-state index < -0.39 is 0 Å². The summed E-state index contributed by atoms with van der Waals surface area (Å²) >= 11 is 3.13. The number of nitrogens with one attached hydrogen (secondary N) is 2. The minimum absolute atomic E-state index is 0.221. The minimum atomic E-state index is -0.221. The highest BCUT2D eigenvalue weighted by Gasteiger charge is 2.20. The number of aryl methyl sites for hydroxylation is 1. The summed E-state index contributed by atoms with van der Waals surface area (Å²) < 4.78 is 24.0. The number of anilines is 2. The summed E-state index contributed by atoms with van der Waals surface area (Å²) in [5.41, 5.74) is 2.88. The van der Waals surface area contributed by atoms with Crippen LogP contribution in [0.2, 0.25) is 0 Å². The normalized spacial score (nSPS) is 10.8. The Labute approximate surface area is 188 Å². The molecule has 0 saturated heterocycles. The molecule has 2 heterocycles. The molecule has 0 fully saturated rings. The number of hydrogen-bond acceptors (Lipinski definition) is 7. The van der Waals surface area contributed by atoms with Gasteiger partial charge in [0.25, 0.3) is 0 Å². The van der Waals surface area contributed by atoms with Crippen molar-refractivity contribution in [2.24, 2.45) is 0 Å². The maximum atomic E-state index is 13.1. The van der Waals surface area contributed by atoms with Crippen molar-refractivity contribution in [3.8, 4) is 22.1 Å². The Balaban J connectivity index is 1.61. The third-order valence-corrected chi connectivity index (χ3v) is 6.28. The summed E-state index contributed by atoms with van der Waals surface area (Å²) in [5.74, 6) is 2.64. The lowest BCUT2D eigenvalue weighted by atomic mass is 10.2. The van der Waals surface area contributed by atoms with E-state index in [0.29, 0.717) is 5.95 Å². The summed E-state index contributed by atoms with van der Waals surface area (Å²) in [7, 11) is 3.53. The number of rotatable bonds is 9. The molecule has 4 rings (SSSR count). The summed E-state index contributed by atoms with van der Waals surface area (Å²) in [6.07, 6.45) is 0.808. The van der Waals surface area contributed by atoms with Gasteiger partial charge in [-0.05, 0) is 65.7 Å². The van der Waals surface area contributed by atoms with Crippen LogP contribution in [0.4, 0.5) is 16.0 Å². The van der Waals surface area contributed by atoms with Crippen LogP contribution < -0.4 is 14.8 Å². The molecule has 2 N–H and O–H groups in total. The molecule has 0 aliphatic rings. The van der Waals surface area contributed by atoms with Gasteiger partial charge < -0.3 is 10.1 Å². The van der Waals surface area contributed by atoms with Crippen LogP contribution >= 0.6 is 23.3 Å². The smallest absolute Gasteiger partial charge is 0.239 e. The Morgan fingerprint density at radius 3 is 2.68 bits per heavy atom. The van der Waals surface area contributed by atoms with Gasteiger partial charge in [-0.1, -0.05) is 18.2 Å². The van der Waals surface area contributed by atoms with Crippen LogP contribution in [0, 0.1) is 5.82 Å². The van der Waals surface area contributed by atoms with Crippen molar-refractivity contribution in [1.82, 2.24) is 14.8 Å². The quantitative estimate of drug-likeness (QED) is 0.257. The Morgan fingerprint density at radius 2 is 1.97 bits per heavy atom. The number of nitrogens with zero attached hydrogens (tertiary/aromatic N) is 3. The topological polar surface area (TPSA) is 64.0 Å². The minimum Gasteiger partial charge on any atom is -0.495 e. The first-order valence-corrected chi connectivity index (χ1v) is 11.5. The molecule has 0 saturated carbocycles. The van der Waals surface area contributed by atoms with Crippen molar-refractivity contribution in [3.05, 3.63) is 71.4 Å². The van der Waals surface area contributed by atoms with Crippen LogP contribution in [0.25, 0.3) is 16.4 Å². The van der Waals surface area contributed by atoms with Crippen LogP contribution in [0.3, 0.4) is 0 Å². The molecular weight excluding hydrogens is 433 g/mol. The highest BCUT2D eigenvalue weighted by molar-refractivity contribution is 8.00. The van der Waals surface area contributed by atoms with Crippen LogP contribution in [0.5, 0.6) is 5.75 Å². The van der Waals surface area contributed by atoms with Gasteiger partial charge >= 0.3 is 0 Å². The van der Waals surface area contributed by atoms with E-state index in [1.807, 2.05) is 47.3 Å². The fraction of sp³-hybridized carbons (Fsp3) is 0.182. The summed E-state index contributed by atoms with van der Waals surface area (Å²) in [6.45, 7) is 0. The molecular formula is C22H22FN5OS2. The van der Waals surface area contributed by atoms with Crippen molar-refractivity contribution in [1.29, 1.82) is 0 Å². The number of aromatic nitrogens is 3. The first-order chi connectivity index (χ1) is 15.2. The molecule has 160 valence electrons. The molecule has 0 amide bonds. The van der Waals surface area contributed by atoms with Crippen molar-refractivity contribution >= 4 is 34.9 Å². The van der Waals surface area contributed by atoms with Gasteiger partial charge in [-0.15, -0.1) is 21.5 Å². The lowest BCUT2D eigenvalue weighted by Gasteiger charge is -2.15. The van der Waals surface area contributed by atoms with E-state index in [0.717, 1.165) is 45.6 Å². The highest BCUT2D eigenvalue weighted by atomic mass is 32.2. The Morgan fingerprint density at radius 1 is 1.13 bits per heavy atom. The average Bonchev–Trinajstić information content (AvgIpc) is 3.47. The van der Waals surface area contributed by atoms with E-state index in [4.69, 9.17) is 4.74 Å². The third-order valence-electron chi connectivity index (χ3n) is 4.68. The first-order valence-electron chi connectivity index (χ1n) is 9.67. The van der Waals surface area contributed by atoms with E-state index in [2.05, 4.69) is 20.2 Å². The number of hydrogen-bond donors (Lipinski definition) is 2. The van der Waals surface area contributed by atoms with Gasteiger partial charge in [-0.2, -0.15) is 0 Å². The van der Waals surface area contributed by atoms with Crippen LogP contribution in [-0.4, -0.2) is 34.7 Å². The molecule has 0 aliphatic heterocycles. The van der Waals surface area contributed by atoms with Gasteiger partial charge in [0.1, 0.15) is 11.6 Å². The van der Waals surface area contributed by atoms with Gasteiger partial charge in [0, 0.05) is 18.5 Å². The lowest BCUT2D eigenvalue weighted by molar-refractivity contribution is 0.413. The van der Waals surface area contributed by atoms with Crippen LogP contribution in [0.1, 0.15) is 5.56 Å². The Hall–Kier alpha value is -3.04. The van der Waals surface area contributed by atoms with Gasteiger partial charge in [-0.3, -0.25) is 9.29 Å². The van der Waals surface area contributed by atoms with Crippen molar-refractivity contribution in [3.63, 3.8) is 0 Å². The zero-order chi connectivity index (χ0) is 21.6. The SMILES string of the molecule is CNc1ccc(OC)c(-n2c(NSCCc3ccc(F)cc3)nnc2-c2cccs2)c1. The molecule has 6 nitrogen and oxygen atoms in total. The molecule has 0 spiro atoms. The third kappa shape index (κ3) is 4.83. The largest absolute Gasteiger partial charge is 0.495 e. The molecule has 0 bridgehead atoms. The second-order valence-electron chi connectivity index (χ2n) is 6.62. The second-order valence-corrected chi connectivity index (χ2v) is 8.47. The number of ether oxygens (including phenoxy) is 1. The fourth-order valence-electron chi connectivity index (χ4n) is 3.10. The van der Waals surface area contributed by atoms with E-state index in [-0.39, 0.29) is 5.82 Å². The molecule has 0 unspecified atom stereocenters. The van der Waals surface area contributed by atoms with E-state index >= 15 is 0 Å². The standard InChI is InChI=1S/C22H22FN5OS2/c1-24-17-9-10-19(29-2)18(14-17)28-21(20-4-3-12-30-20)25-26-22(28)27-31-13-11-15-5-7-16(23)8-6-15/h3-10,12,14,24H,11,13H2,1-2H3,(H,26,27). The Kier molecular flexibility index (Phi) is 6.73. The van der Waals surface area contributed by atoms with Gasteiger partial charge in [0.2, 0.25) is 5.95 Å². The number of thiophene rings is 1. The molecule has 31 heavy (non-hydrogen) atoms. The highest BCUT2D eigenvalue weighted by Crippen LogP contribution is 2.35. The monoisotopic (exact) mass is 455 g/mol. The first kappa shape index (κ1) is 21.2. The van der Waals surface area contributed by atoms with Gasteiger partial charge in [-0.25, -0.2) is 4.39 Å². The molecule has 4 aromatic rings. The molecule has 0 atom stereocenters. The summed E-state index contributed by atoms with van der Waals surface area (Å²) in [4.78, 5) is 1.01. The molecule has 2 aromatic heterocycles. The molecule has 9 heteroatoms. The lowest BCUT2D eigenvalue weighted by Crippen LogP contribution is -2.05. The zero-order valence-corrected chi connectivity index (χ0v) is 18.8. The van der Waals surface area contributed by atoms with E-state index in [9.17, 15) is 4.39 Å². The molecule has 0 aliphatic carbocycles. The summed E-state index contributed by atoms with van der Waals surface area (Å²) in [6, 6.07) is 16.5. The maximum absolute atomic E-state index is 13.1. The van der Waals surface area contributed by atoms with Crippen molar-refractivity contribution in [2.75, 3.05) is 29.9 Å². The number of halogens is 1. The maximum Gasteiger partial charge on any atom is 0.239 e. The number of benzene rings is 2. The molecule has 2 aromatic carbocycles. The van der Waals surface area contributed by atoms with Gasteiger partial charge in [0.05, 0.1) is 17.7 Å². The summed E-state index contributed by atoms with van der Waals surface area (Å²) in [5, 5.41) is 14.0. The van der Waals surface area contributed by atoms with Crippen LogP contribution in [-0.2, 0) is 6.42 Å². The van der Waals surface area contributed by atoms with Gasteiger partial charge in [0.15, 0.2) is 5.82 Å². The van der Waals surface area contributed by atoms with Crippen molar-refractivity contribution < 1.29 is 9.13 Å². The van der Waals surface area contributed by atoms with E-state index in [1.165, 1.54) is 24.1 Å². The average molecular weight is 456 g/mol.